The van der Waals surface area contributed by atoms with Gasteiger partial charge in [0.2, 0.25) is 11.8 Å². The standard InChI is InChI=1S/C23H36N2O2/c1-21(2,3)25-20(27)17-8-7-15-14-6-9-18-23(5,13-11-19(26)24-18)16(14)10-12-22(15,17)4/h11,13-18H,6-10,12H2,1-5H3,(H,24,26)(H,25,27)/t14-,15+,16+,17+,18-,22-,23+/m0/s1. The molecule has 4 aliphatic rings. The maximum atomic E-state index is 13.0. The minimum absolute atomic E-state index is 0.0661. The Morgan fingerprint density at radius 2 is 1.85 bits per heavy atom. The quantitative estimate of drug-likeness (QED) is 0.735. The molecule has 4 heteroatoms. The molecule has 7 atom stereocenters. The average molecular weight is 373 g/mol. The van der Waals surface area contributed by atoms with Gasteiger partial charge < -0.3 is 10.6 Å². The number of carbonyl (C=O) groups excluding carboxylic acids is 2. The molecule has 2 N–H and O–H groups in total. The van der Waals surface area contributed by atoms with Gasteiger partial charge in [0.15, 0.2) is 0 Å². The van der Waals surface area contributed by atoms with Gasteiger partial charge in [-0.05, 0) is 88.5 Å². The zero-order valence-corrected chi connectivity index (χ0v) is 17.6. The van der Waals surface area contributed by atoms with Gasteiger partial charge in [-0.25, -0.2) is 0 Å². The number of nitrogens with one attached hydrogen (secondary N) is 2. The molecule has 1 heterocycles. The zero-order valence-electron chi connectivity index (χ0n) is 17.6. The summed E-state index contributed by atoms with van der Waals surface area (Å²) in [6, 6.07) is 0.280. The van der Waals surface area contributed by atoms with Crippen LogP contribution in [0.1, 0.15) is 73.1 Å². The highest BCUT2D eigenvalue weighted by Gasteiger charge is 2.60. The Labute approximate surface area is 163 Å². The first-order valence-electron chi connectivity index (χ1n) is 10.9. The molecule has 2 amide bonds. The summed E-state index contributed by atoms with van der Waals surface area (Å²) in [7, 11) is 0. The fourth-order valence-corrected chi connectivity index (χ4v) is 7.22. The van der Waals surface area contributed by atoms with E-state index in [2.05, 4.69) is 51.3 Å². The van der Waals surface area contributed by atoms with Crippen LogP contribution in [0.2, 0.25) is 0 Å². The van der Waals surface area contributed by atoms with Crippen LogP contribution in [0, 0.1) is 34.5 Å². The van der Waals surface area contributed by atoms with Crippen molar-refractivity contribution in [3.8, 4) is 0 Å². The van der Waals surface area contributed by atoms with Crippen molar-refractivity contribution in [1.82, 2.24) is 10.6 Å². The van der Waals surface area contributed by atoms with Crippen LogP contribution in [-0.2, 0) is 9.59 Å². The van der Waals surface area contributed by atoms with Crippen molar-refractivity contribution in [2.75, 3.05) is 0 Å². The Bertz CT molecular complexity index is 678. The van der Waals surface area contributed by atoms with Crippen molar-refractivity contribution in [2.24, 2.45) is 34.5 Å². The second kappa shape index (κ2) is 6.09. The third-order valence-corrected chi connectivity index (χ3v) is 8.50. The van der Waals surface area contributed by atoms with E-state index in [9.17, 15) is 9.59 Å². The summed E-state index contributed by atoms with van der Waals surface area (Å²) in [6.45, 7) is 11.0. The van der Waals surface area contributed by atoms with Crippen molar-refractivity contribution in [3.63, 3.8) is 0 Å². The minimum Gasteiger partial charge on any atom is -0.351 e. The second-order valence-electron chi connectivity index (χ2n) is 11.1. The van der Waals surface area contributed by atoms with Crippen molar-refractivity contribution in [1.29, 1.82) is 0 Å². The summed E-state index contributed by atoms with van der Waals surface area (Å²) < 4.78 is 0. The first kappa shape index (κ1) is 19.0. The molecular weight excluding hydrogens is 336 g/mol. The summed E-state index contributed by atoms with van der Waals surface area (Å²) in [4.78, 5) is 24.9. The van der Waals surface area contributed by atoms with E-state index in [1.165, 1.54) is 19.3 Å². The highest BCUT2D eigenvalue weighted by molar-refractivity contribution is 5.89. The second-order valence-corrected chi connectivity index (χ2v) is 11.1. The lowest BCUT2D eigenvalue weighted by molar-refractivity contribution is -0.135. The maximum Gasteiger partial charge on any atom is 0.243 e. The van der Waals surface area contributed by atoms with E-state index in [0.717, 1.165) is 19.3 Å². The molecule has 3 saturated carbocycles. The van der Waals surface area contributed by atoms with Gasteiger partial charge in [0.05, 0.1) is 0 Å². The summed E-state index contributed by atoms with van der Waals surface area (Å²) >= 11 is 0. The molecule has 3 fully saturated rings. The lowest BCUT2D eigenvalue weighted by atomic mass is 9.48. The molecule has 0 unspecified atom stereocenters. The summed E-state index contributed by atoms with van der Waals surface area (Å²) in [5.41, 5.74) is 0.0323. The number of amides is 2. The van der Waals surface area contributed by atoms with Crippen LogP contribution in [-0.4, -0.2) is 23.4 Å². The van der Waals surface area contributed by atoms with Gasteiger partial charge in [-0.1, -0.05) is 19.9 Å². The lowest BCUT2D eigenvalue weighted by Crippen LogP contribution is -2.59. The Balaban J connectivity index is 1.58. The Kier molecular flexibility index (Phi) is 4.29. The molecule has 0 aromatic carbocycles. The SMILES string of the molecule is CC(C)(C)NC(=O)[C@H]1CC[C@@H]2[C@@H]3CC[C@@H]4NC(=O)C=C[C@]4(C)[C@@H]3CC[C@]12C. The van der Waals surface area contributed by atoms with Crippen LogP contribution >= 0.6 is 0 Å². The number of rotatable bonds is 1. The van der Waals surface area contributed by atoms with Crippen molar-refractivity contribution >= 4 is 11.8 Å². The summed E-state index contributed by atoms with van der Waals surface area (Å²) in [5.74, 6) is 2.41. The molecule has 0 aromatic rings. The molecule has 0 saturated heterocycles. The topological polar surface area (TPSA) is 58.2 Å². The van der Waals surface area contributed by atoms with Crippen LogP contribution in [0.4, 0.5) is 0 Å². The van der Waals surface area contributed by atoms with Gasteiger partial charge >= 0.3 is 0 Å². The van der Waals surface area contributed by atoms with E-state index in [1.54, 1.807) is 6.08 Å². The van der Waals surface area contributed by atoms with Crippen molar-refractivity contribution in [2.45, 2.75) is 84.7 Å². The zero-order chi connectivity index (χ0) is 19.6. The molecular formula is C23H36N2O2. The van der Waals surface area contributed by atoms with Gasteiger partial charge in [0.25, 0.3) is 0 Å². The van der Waals surface area contributed by atoms with Crippen LogP contribution in [0.25, 0.3) is 0 Å². The molecule has 0 bridgehead atoms. The Morgan fingerprint density at radius 3 is 2.56 bits per heavy atom. The fraction of sp³-hybridized carbons (Fsp3) is 0.826. The van der Waals surface area contributed by atoms with Crippen LogP contribution in [0.5, 0.6) is 0 Å². The summed E-state index contributed by atoms with van der Waals surface area (Å²) in [5, 5.41) is 6.48. The van der Waals surface area contributed by atoms with Gasteiger partial charge in [0, 0.05) is 22.9 Å². The van der Waals surface area contributed by atoms with Crippen LogP contribution in [0.15, 0.2) is 12.2 Å². The number of hydrogen-bond acceptors (Lipinski definition) is 2. The van der Waals surface area contributed by atoms with Gasteiger partial charge in [0.1, 0.15) is 0 Å². The highest BCUT2D eigenvalue weighted by atomic mass is 16.2. The molecule has 3 aliphatic carbocycles. The van der Waals surface area contributed by atoms with E-state index in [-0.39, 0.29) is 40.1 Å². The molecule has 150 valence electrons. The number of carbonyl (C=O) groups is 2. The monoisotopic (exact) mass is 372 g/mol. The smallest absolute Gasteiger partial charge is 0.243 e. The molecule has 1 aliphatic heterocycles. The van der Waals surface area contributed by atoms with Crippen molar-refractivity contribution in [3.05, 3.63) is 12.2 Å². The predicted octanol–water partition coefficient (Wildman–Crippen LogP) is 3.81. The van der Waals surface area contributed by atoms with E-state index in [0.29, 0.717) is 17.8 Å². The van der Waals surface area contributed by atoms with Gasteiger partial charge in [-0.3, -0.25) is 9.59 Å². The largest absolute Gasteiger partial charge is 0.351 e. The third kappa shape index (κ3) is 2.94. The van der Waals surface area contributed by atoms with E-state index in [4.69, 9.17) is 0 Å². The van der Waals surface area contributed by atoms with Crippen LogP contribution < -0.4 is 10.6 Å². The maximum absolute atomic E-state index is 13.0. The molecule has 4 nitrogen and oxygen atoms in total. The van der Waals surface area contributed by atoms with E-state index < -0.39 is 0 Å². The van der Waals surface area contributed by atoms with Gasteiger partial charge in [-0.2, -0.15) is 0 Å². The molecule has 0 aromatic heterocycles. The van der Waals surface area contributed by atoms with Crippen LogP contribution in [0.3, 0.4) is 0 Å². The Morgan fingerprint density at radius 1 is 1.11 bits per heavy atom. The predicted molar refractivity (Wildman–Crippen MR) is 107 cm³/mol. The van der Waals surface area contributed by atoms with E-state index in [1.807, 2.05) is 0 Å². The fourth-order valence-electron chi connectivity index (χ4n) is 7.22. The molecule has 0 spiro atoms. The summed E-state index contributed by atoms with van der Waals surface area (Å²) in [6.07, 6.45) is 10.7. The normalized spacial score (nSPS) is 46.1. The Hall–Kier alpha value is -1.32. The number of hydrogen-bond donors (Lipinski definition) is 2. The number of fused-ring (bicyclic) bond motifs is 5. The van der Waals surface area contributed by atoms with E-state index >= 15 is 0 Å². The molecule has 27 heavy (non-hydrogen) atoms. The first-order chi connectivity index (χ1) is 12.5. The molecule has 0 radical (unpaired) electrons. The average Bonchev–Trinajstić information content (AvgIpc) is 2.91. The first-order valence-corrected chi connectivity index (χ1v) is 10.9. The minimum atomic E-state index is -0.167. The van der Waals surface area contributed by atoms with Gasteiger partial charge in [-0.15, -0.1) is 0 Å². The highest BCUT2D eigenvalue weighted by Crippen LogP contribution is 2.65. The van der Waals surface area contributed by atoms with Crippen molar-refractivity contribution < 1.29 is 9.59 Å². The molecule has 4 rings (SSSR count). The third-order valence-electron chi connectivity index (χ3n) is 8.50. The lowest BCUT2D eigenvalue weighted by Gasteiger charge is -2.58.